The smallest absolute Gasteiger partial charge is 0.271 e. The lowest BCUT2D eigenvalue weighted by molar-refractivity contribution is 0.0938. The highest BCUT2D eigenvalue weighted by Gasteiger charge is 2.15. The largest absolute Gasteiger partial charge is 0.350 e. The van der Waals surface area contributed by atoms with Crippen molar-refractivity contribution < 1.29 is 4.79 Å². The number of hydrogen-bond donors (Lipinski definition) is 2. The van der Waals surface area contributed by atoms with E-state index in [1.165, 1.54) is 0 Å². The van der Waals surface area contributed by atoms with Crippen LogP contribution in [0.3, 0.4) is 0 Å². The molecule has 16 heavy (non-hydrogen) atoms. The van der Waals surface area contributed by atoms with Gasteiger partial charge in [-0.15, -0.1) is 0 Å². The number of carbonyl (C=O) groups is 1. The van der Waals surface area contributed by atoms with Crippen LogP contribution < -0.4 is 10.6 Å². The minimum atomic E-state index is -0.0702. The SMILES string of the molecule is Cn1ccc(C(=O)NCC2CCNCC2)n1. The quantitative estimate of drug-likeness (QED) is 0.765. The third-order valence-corrected chi connectivity index (χ3v) is 2.96. The highest BCUT2D eigenvalue weighted by atomic mass is 16.1. The zero-order valence-corrected chi connectivity index (χ0v) is 9.57. The van der Waals surface area contributed by atoms with Crippen LogP contribution in [0, 0.1) is 5.92 Å². The van der Waals surface area contributed by atoms with Gasteiger partial charge in [0.15, 0.2) is 0 Å². The summed E-state index contributed by atoms with van der Waals surface area (Å²) in [5.74, 6) is 0.535. The molecule has 5 heteroatoms. The molecule has 0 spiro atoms. The minimum Gasteiger partial charge on any atom is -0.350 e. The number of amides is 1. The fraction of sp³-hybridized carbons (Fsp3) is 0.636. The highest BCUT2D eigenvalue weighted by molar-refractivity contribution is 5.92. The van der Waals surface area contributed by atoms with E-state index in [-0.39, 0.29) is 5.91 Å². The molecule has 0 radical (unpaired) electrons. The number of carbonyl (C=O) groups excluding carboxylic acids is 1. The number of nitrogens with one attached hydrogen (secondary N) is 2. The second-order valence-corrected chi connectivity index (χ2v) is 4.28. The van der Waals surface area contributed by atoms with E-state index in [0.717, 1.165) is 32.5 Å². The van der Waals surface area contributed by atoms with Crippen molar-refractivity contribution in [3.05, 3.63) is 18.0 Å². The summed E-state index contributed by atoms with van der Waals surface area (Å²) in [5.41, 5.74) is 0.497. The Bertz CT molecular complexity index is 355. The second-order valence-electron chi connectivity index (χ2n) is 4.28. The molecule has 0 atom stereocenters. The van der Waals surface area contributed by atoms with Crippen molar-refractivity contribution in [2.45, 2.75) is 12.8 Å². The molecule has 1 aliphatic rings. The molecule has 2 heterocycles. The summed E-state index contributed by atoms with van der Waals surface area (Å²) >= 11 is 0. The minimum absolute atomic E-state index is 0.0702. The highest BCUT2D eigenvalue weighted by Crippen LogP contribution is 2.09. The van der Waals surface area contributed by atoms with E-state index < -0.39 is 0 Å². The van der Waals surface area contributed by atoms with E-state index in [4.69, 9.17) is 0 Å². The zero-order chi connectivity index (χ0) is 11.4. The molecule has 1 aromatic heterocycles. The van der Waals surface area contributed by atoms with Crippen LogP contribution >= 0.6 is 0 Å². The van der Waals surface area contributed by atoms with Crippen molar-refractivity contribution in [2.75, 3.05) is 19.6 Å². The summed E-state index contributed by atoms with van der Waals surface area (Å²) < 4.78 is 1.64. The Morgan fingerprint density at radius 1 is 1.62 bits per heavy atom. The van der Waals surface area contributed by atoms with E-state index >= 15 is 0 Å². The van der Waals surface area contributed by atoms with Crippen molar-refractivity contribution in [1.29, 1.82) is 0 Å². The van der Waals surface area contributed by atoms with E-state index in [9.17, 15) is 4.79 Å². The van der Waals surface area contributed by atoms with Gasteiger partial charge >= 0.3 is 0 Å². The molecule has 0 bridgehead atoms. The summed E-state index contributed by atoms with van der Waals surface area (Å²) in [4.78, 5) is 11.7. The molecule has 1 amide bonds. The third-order valence-electron chi connectivity index (χ3n) is 2.96. The lowest BCUT2D eigenvalue weighted by atomic mass is 9.98. The van der Waals surface area contributed by atoms with E-state index in [2.05, 4.69) is 15.7 Å². The monoisotopic (exact) mass is 222 g/mol. The van der Waals surface area contributed by atoms with Crippen molar-refractivity contribution in [2.24, 2.45) is 13.0 Å². The Labute approximate surface area is 95.2 Å². The Morgan fingerprint density at radius 2 is 2.38 bits per heavy atom. The van der Waals surface area contributed by atoms with Gasteiger partial charge in [-0.05, 0) is 37.9 Å². The van der Waals surface area contributed by atoms with Crippen LogP contribution in [0.1, 0.15) is 23.3 Å². The van der Waals surface area contributed by atoms with Gasteiger partial charge < -0.3 is 10.6 Å². The average Bonchev–Trinajstić information content (AvgIpc) is 2.74. The number of nitrogens with zero attached hydrogens (tertiary/aromatic N) is 2. The normalized spacial score (nSPS) is 17.3. The molecule has 0 saturated carbocycles. The molecule has 1 fully saturated rings. The number of piperidine rings is 1. The van der Waals surface area contributed by atoms with Crippen LogP contribution in [0.2, 0.25) is 0 Å². The lowest BCUT2D eigenvalue weighted by Gasteiger charge is -2.22. The summed E-state index contributed by atoms with van der Waals surface area (Å²) in [6.07, 6.45) is 4.06. The maximum Gasteiger partial charge on any atom is 0.271 e. The first-order valence-corrected chi connectivity index (χ1v) is 5.74. The Hall–Kier alpha value is -1.36. The number of aromatic nitrogens is 2. The zero-order valence-electron chi connectivity index (χ0n) is 9.57. The molecule has 0 unspecified atom stereocenters. The van der Waals surface area contributed by atoms with Gasteiger partial charge in [-0.3, -0.25) is 9.48 Å². The van der Waals surface area contributed by atoms with Gasteiger partial charge in [0.2, 0.25) is 0 Å². The van der Waals surface area contributed by atoms with Crippen LogP contribution in [0.5, 0.6) is 0 Å². The fourth-order valence-corrected chi connectivity index (χ4v) is 1.95. The van der Waals surface area contributed by atoms with Crippen molar-refractivity contribution in [3.63, 3.8) is 0 Å². The number of hydrogen-bond acceptors (Lipinski definition) is 3. The second kappa shape index (κ2) is 5.12. The number of rotatable bonds is 3. The number of aryl methyl sites for hydroxylation is 1. The molecule has 88 valence electrons. The molecule has 2 rings (SSSR count). The molecular weight excluding hydrogens is 204 g/mol. The summed E-state index contributed by atoms with van der Waals surface area (Å²) in [5, 5.41) is 10.3. The first kappa shape index (κ1) is 11.1. The van der Waals surface area contributed by atoms with Gasteiger partial charge in [-0.25, -0.2) is 0 Å². The van der Waals surface area contributed by atoms with E-state index in [1.807, 2.05) is 7.05 Å². The molecular formula is C11H18N4O. The standard InChI is InChI=1S/C11H18N4O/c1-15-7-4-10(14-15)11(16)13-8-9-2-5-12-6-3-9/h4,7,9,12H,2-3,5-6,8H2,1H3,(H,13,16). The van der Waals surface area contributed by atoms with E-state index in [0.29, 0.717) is 11.6 Å². The van der Waals surface area contributed by atoms with Gasteiger partial charge in [-0.2, -0.15) is 5.10 Å². The van der Waals surface area contributed by atoms with Crippen molar-refractivity contribution in [3.8, 4) is 0 Å². The van der Waals surface area contributed by atoms with Gasteiger partial charge in [-0.1, -0.05) is 0 Å². The molecule has 1 saturated heterocycles. The summed E-state index contributed by atoms with van der Waals surface area (Å²) in [6, 6.07) is 1.73. The maximum absolute atomic E-state index is 11.7. The first-order chi connectivity index (χ1) is 7.75. The predicted octanol–water partition coefficient (Wildman–Crippen LogP) is 0.150. The molecule has 1 aromatic rings. The van der Waals surface area contributed by atoms with Gasteiger partial charge in [0.1, 0.15) is 5.69 Å². The predicted molar refractivity (Wildman–Crippen MR) is 61.1 cm³/mol. The Balaban J connectivity index is 1.79. The summed E-state index contributed by atoms with van der Waals surface area (Å²) in [6.45, 7) is 2.88. The molecule has 0 aliphatic carbocycles. The first-order valence-electron chi connectivity index (χ1n) is 5.74. The molecule has 1 aliphatic heterocycles. The van der Waals surface area contributed by atoms with E-state index in [1.54, 1.807) is 16.9 Å². The third kappa shape index (κ3) is 2.82. The van der Waals surface area contributed by atoms with Crippen LogP contribution in [0.15, 0.2) is 12.3 Å². The molecule has 0 aromatic carbocycles. The topological polar surface area (TPSA) is 59.0 Å². The van der Waals surface area contributed by atoms with Crippen molar-refractivity contribution >= 4 is 5.91 Å². The van der Waals surface area contributed by atoms with Crippen molar-refractivity contribution in [1.82, 2.24) is 20.4 Å². The van der Waals surface area contributed by atoms with Gasteiger partial charge in [0, 0.05) is 19.8 Å². The van der Waals surface area contributed by atoms with Crippen LogP contribution in [0.25, 0.3) is 0 Å². The summed E-state index contributed by atoms with van der Waals surface area (Å²) in [7, 11) is 1.81. The Kier molecular flexibility index (Phi) is 3.56. The fourth-order valence-electron chi connectivity index (χ4n) is 1.95. The van der Waals surface area contributed by atoms with Crippen LogP contribution in [0.4, 0.5) is 0 Å². The lowest BCUT2D eigenvalue weighted by Crippen LogP contribution is -2.36. The average molecular weight is 222 g/mol. The van der Waals surface area contributed by atoms with Gasteiger partial charge in [0.05, 0.1) is 0 Å². The molecule has 2 N–H and O–H groups in total. The Morgan fingerprint density at radius 3 is 3.00 bits per heavy atom. The van der Waals surface area contributed by atoms with Gasteiger partial charge in [0.25, 0.3) is 5.91 Å². The van der Waals surface area contributed by atoms with Crippen LogP contribution in [-0.2, 0) is 7.05 Å². The molecule has 5 nitrogen and oxygen atoms in total. The van der Waals surface area contributed by atoms with Crippen LogP contribution in [-0.4, -0.2) is 35.3 Å². The maximum atomic E-state index is 11.7.